The van der Waals surface area contributed by atoms with Crippen molar-refractivity contribution < 1.29 is 9.53 Å². The number of methoxy groups -OCH3 is 1. The lowest BCUT2D eigenvalue weighted by atomic mass is 10.1. The second-order valence-electron chi connectivity index (χ2n) is 6.35. The Morgan fingerprint density at radius 2 is 2.14 bits per heavy atom. The van der Waals surface area contributed by atoms with Crippen LogP contribution in [0.25, 0.3) is 0 Å². The number of nitrogens with one attached hydrogen (secondary N) is 1. The van der Waals surface area contributed by atoms with E-state index in [1.165, 1.54) is 11.3 Å². The minimum atomic E-state index is -0.206. The average Bonchev–Trinajstić information content (AvgIpc) is 3.21. The van der Waals surface area contributed by atoms with Gasteiger partial charge in [-0.1, -0.05) is 12.1 Å². The molecule has 28 heavy (non-hydrogen) atoms. The highest BCUT2D eigenvalue weighted by Crippen LogP contribution is 2.24. The molecule has 0 radical (unpaired) electrons. The average molecular weight is 461 g/mol. The molecule has 0 fully saturated rings. The molecular formula is C20H21BrN4O2S. The predicted molar refractivity (Wildman–Crippen MR) is 116 cm³/mol. The van der Waals surface area contributed by atoms with Crippen molar-refractivity contribution in [2.24, 2.45) is 5.10 Å². The number of carbonyl (C=O) groups is 1. The largest absolute Gasteiger partial charge is 0.496 e. The van der Waals surface area contributed by atoms with Gasteiger partial charge in [-0.3, -0.25) is 9.48 Å². The number of amides is 1. The van der Waals surface area contributed by atoms with Crippen LogP contribution in [0.4, 0.5) is 0 Å². The quantitative estimate of drug-likeness (QED) is 0.436. The van der Waals surface area contributed by atoms with Crippen molar-refractivity contribution in [3.8, 4) is 5.75 Å². The fourth-order valence-corrected chi connectivity index (χ4v) is 3.88. The van der Waals surface area contributed by atoms with Gasteiger partial charge >= 0.3 is 0 Å². The van der Waals surface area contributed by atoms with Gasteiger partial charge in [-0.05, 0) is 65.3 Å². The molecule has 6 nitrogen and oxygen atoms in total. The Balaban J connectivity index is 1.73. The first-order chi connectivity index (χ1) is 13.4. The molecule has 0 atom stereocenters. The van der Waals surface area contributed by atoms with E-state index in [2.05, 4.69) is 31.6 Å². The topological polar surface area (TPSA) is 68.5 Å². The van der Waals surface area contributed by atoms with Crippen molar-refractivity contribution >= 4 is 39.4 Å². The summed E-state index contributed by atoms with van der Waals surface area (Å²) >= 11 is 4.95. The zero-order valence-corrected chi connectivity index (χ0v) is 18.5. The number of rotatable bonds is 6. The fraction of sp³-hybridized carbons (Fsp3) is 0.250. The summed E-state index contributed by atoms with van der Waals surface area (Å²) < 4.78 is 8.50. The number of carbonyl (C=O) groups excluding carboxylic acids is 1. The Labute approximate surface area is 176 Å². The first-order valence-corrected chi connectivity index (χ1v) is 10.3. The van der Waals surface area contributed by atoms with Crippen molar-refractivity contribution in [2.45, 2.75) is 27.3 Å². The van der Waals surface area contributed by atoms with Crippen molar-refractivity contribution in [3.63, 3.8) is 0 Å². The van der Waals surface area contributed by atoms with Gasteiger partial charge in [0.05, 0.1) is 40.6 Å². The number of halogens is 1. The van der Waals surface area contributed by atoms with E-state index in [1.54, 1.807) is 13.3 Å². The normalized spacial score (nSPS) is 11.2. The lowest BCUT2D eigenvalue weighted by Gasteiger charge is -2.11. The Hall–Kier alpha value is -2.45. The molecule has 0 saturated carbocycles. The summed E-state index contributed by atoms with van der Waals surface area (Å²) in [5.74, 6) is 0.537. The maximum atomic E-state index is 12.1. The van der Waals surface area contributed by atoms with Gasteiger partial charge in [0.2, 0.25) is 0 Å². The Morgan fingerprint density at radius 1 is 1.36 bits per heavy atom. The standard InChI is InChI=1S/C20H21BrN4O2S/c1-12-7-8-28-19(12)20(26)23-22-10-15-5-6-16(17(9-15)27-4)11-25-14(3)18(21)13(2)24-25/h5-10H,11H2,1-4H3,(H,23,26)/b22-10-. The van der Waals surface area contributed by atoms with Crippen molar-refractivity contribution in [3.05, 3.63) is 67.1 Å². The summed E-state index contributed by atoms with van der Waals surface area (Å²) in [6.45, 7) is 6.50. The molecular weight excluding hydrogens is 440 g/mol. The maximum Gasteiger partial charge on any atom is 0.281 e. The van der Waals surface area contributed by atoms with Crippen LogP contribution in [0.15, 0.2) is 39.2 Å². The van der Waals surface area contributed by atoms with E-state index in [0.717, 1.165) is 38.3 Å². The van der Waals surface area contributed by atoms with Crippen LogP contribution in [0.2, 0.25) is 0 Å². The molecule has 0 spiro atoms. The number of aromatic nitrogens is 2. The van der Waals surface area contributed by atoms with Gasteiger partial charge in [0.25, 0.3) is 5.91 Å². The summed E-state index contributed by atoms with van der Waals surface area (Å²) in [6, 6.07) is 7.72. The van der Waals surface area contributed by atoms with E-state index < -0.39 is 0 Å². The highest BCUT2D eigenvalue weighted by molar-refractivity contribution is 9.10. The van der Waals surface area contributed by atoms with Crippen LogP contribution in [0.5, 0.6) is 5.75 Å². The minimum absolute atomic E-state index is 0.206. The second kappa shape index (κ2) is 8.70. The van der Waals surface area contributed by atoms with Crippen LogP contribution in [0.1, 0.15) is 37.7 Å². The van der Waals surface area contributed by atoms with Crippen LogP contribution in [-0.2, 0) is 6.54 Å². The summed E-state index contributed by atoms with van der Waals surface area (Å²) in [4.78, 5) is 12.8. The van der Waals surface area contributed by atoms with Gasteiger partial charge in [-0.2, -0.15) is 10.2 Å². The van der Waals surface area contributed by atoms with Gasteiger partial charge in [-0.15, -0.1) is 11.3 Å². The smallest absolute Gasteiger partial charge is 0.281 e. The second-order valence-corrected chi connectivity index (χ2v) is 8.05. The number of nitrogens with zero attached hydrogens (tertiary/aromatic N) is 3. The number of benzene rings is 1. The van der Waals surface area contributed by atoms with Gasteiger partial charge < -0.3 is 4.74 Å². The molecule has 1 aromatic carbocycles. The van der Waals surface area contributed by atoms with E-state index in [-0.39, 0.29) is 5.91 Å². The molecule has 2 heterocycles. The monoisotopic (exact) mass is 460 g/mol. The SMILES string of the molecule is COc1cc(/C=N\NC(=O)c2sccc2C)ccc1Cn1nc(C)c(Br)c1C. The molecule has 2 aromatic heterocycles. The molecule has 0 aliphatic carbocycles. The molecule has 1 N–H and O–H groups in total. The van der Waals surface area contributed by atoms with Crippen LogP contribution >= 0.6 is 27.3 Å². The Kier molecular flexibility index (Phi) is 6.31. The maximum absolute atomic E-state index is 12.1. The fourth-order valence-electron chi connectivity index (χ4n) is 2.78. The van der Waals surface area contributed by atoms with Gasteiger partial charge in [0.1, 0.15) is 5.75 Å². The predicted octanol–water partition coefficient (Wildman–Crippen LogP) is 4.45. The lowest BCUT2D eigenvalue weighted by Crippen LogP contribution is -2.17. The van der Waals surface area contributed by atoms with E-state index in [0.29, 0.717) is 11.4 Å². The number of ether oxygens (including phenoxy) is 1. The summed E-state index contributed by atoms with van der Waals surface area (Å²) in [7, 11) is 1.64. The molecule has 3 aromatic rings. The van der Waals surface area contributed by atoms with Crippen molar-refractivity contribution in [1.29, 1.82) is 0 Å². The third-order valence-corrected chi connectivity index (χ3v) is 6.54. The van der Waals surface area contributed by atoms with E-state index in [9.17, 15) is 4.79 Å². The number of hydrogen-bond acceptors (Lipinski definition) is 5. The third kappa shape index (κ3) is 4.34. The highest BCUT2D eigenvalue weighted by Gasteiger charge is 2.12. The molecule has 0 saturated heterocycles. The molecule has 0 aliphatic rings. The number of aryl methyl sites for hydroxylation is 2. The molecule has 146 valence electrons. The number of hydrazone groups is 1. The number of hydrogen-bond donors (Lipinski definition) is 1. The van der Waals surface area contributed by atoms with Gasteiger partial charge in [0.15, 0.2) is 0 Å². The first kappa shape index (κ1) is 20.3. The minimum Gasteiger partial charge on any atom is -0.496 e. The van der Waals surface area contributed by atoms with Crippen LogP contribution in [0, 0.1) is 20.8 Å². The van der Waals surface area contributed by atoms with Crippen LogP contribution < -0.4 is 10.2 Å². The van der Waals surface area contributed by atoms with Crippen molar-refractivity contribution in [1.82, 2.24) is 15.2 Å². The molecule has 0 aliphatic heterocycles. The van der Waals surface area contributed by atoms with Gasteiger partial charge in [0, 0.05) is 5.56 Å². The zero-order chi connectivity index (χ0) is 20.3. The Morgan fingerprint density at radius 3 is 2.75 bits per heavy atom. The van der Waals surface area contributed by atoms with Crippen LogP contribution in [0.3, 0.4) is 0 Å². The molecule has 3 rings (SSSR count). The Bertz CT molecular complexity index is 1040. The van der Waals surface area contributed by atoms with E-state index in [4.69, 9.17) is 4.74 Å². The molecule has 0 unspecified atom stereocenters. The van der Waals surface area contributed by atoms with Crippen molar-refractivity contribution in [2.75, 3.05) is 7.11 Å². The highest BCUT2D eigenvalue weighted by atomic mass is 79.9. The molecule has 0 bridgehead atoms. The summed E-state index contributed by atoms with van der Waals surface area (Å²) in [5, 5.41) is 10.5. The lowest BCUT2D eigenvalue weighted by molar-refractivity contribution is 0.0958. The first-order valence-electron chi connectivity index (χ1n) is 8.64. The number of thiophene rings is 1. The zero-order valence-electron chi connectivity index (χ0n) is 16.1. The molecule has 8 heteroatoms. The summed E-state index contributed by atoms with van der Waals surface area (Å²) in [5.41, 5.74) is 7.37. The van der Waals surface area contributed by atoms with Gasteiger partial charge in [-0.25, -0.2) is 5.43 Å². The molecule has 1 amide bonds. The van der Waals surface area contributed by atoms with E-state index >= 15 is 0 Å². The third-order valence-electron chi connectivity index (χ3n) is 4.37. The van der Waals surface area contributed by atoms with Crippen LogP contribution in [-0.4, -0.2) is 29.0 Å². The summed E-state index contributed by atoms with van der Waals surface area (Å²) in [6.07, 6.45) is 1.60. The van der Waals surface area contributed by atoms with E-state index in [1.807, 2.05) is 55.1 Å².